The molecule has 3 rings (SSSR count). The number of thiazole rings is 1. The Labute approximate surface area is 158 Å². The minimum atomic E-state index is -0.293. The molecule has 0 saturated heterocycles. The number of amides is 1. The average molecular weight is 396 g/mol. The van der Waals surface area contributed by atoms with Crippen LogP contribution in [-0.2, 0) is 4.79 Å². The van der Waals surface area contributed by atoms with E-state index in [9.17, 15) is 4.79 Å². The van der Waals surface area contributed by atoms with E-state index in [2.05, 4.69) is 10.3 Å². The molecule has 3 aromatic rings. The van der Waals surface area contributed by atoms with E-state index in [1.54, 1.807) is 24.3 Å². The van der Waals surface area contributed by atoms with E-state index >= 15 is 0 Å². The Balaban J connectivity index is 1.68. The van der Waals surface area contributed by atoms with Crippen molar-refractivity contribution in [3.63, 3.8) is 0 Å². The maximum absolute atomic E-state index is 12.1. The molecule has 0 aliphatic carbocycles. The maximum atomic E-state index is 12.1. The van der Waals surface area contributed by atoms with Gasteiger partial charge in [-0.05, 0) is 49.2 Å². The monoisotopic (exact) mass is 395 g/mol. The molecule has 25 heavy (non-hydrogen) atoms. The molecule has 1 heterocycles. The van der Waals surface area contributed by atoms with Gasteiger partial charge in [0.05, 0.1) is 9.72 Å². The Morgan fingerprint density at radius 2 is 1.92 bits per heavy atom. The van der Waals surface area contributed by atoms with Crippen LogP contribution in [0.3, 0.4) is 0 Å². The van der Waals surface area contributed by atoms with Gasteiger partial charge in [-0.2, -0.15) is 0 Å². The number of nitrogens with two attached hydrogens (primary N) is 1. The van der Waals surface area contributed by atoms with Crippen LogP contribution in [0, 0.1) is 13.8 Å². The summed E-state index contributed by atoms with van der Waals surface area (Å²) < 4.78 is 6.36. The van der Waals surface area contributed by atoms with Crippen LogP contribution in [0.1, 0.15) is 11.1 Å². The van der Waals surface area contributed by atoms with Gasteiger partial charge in [0, 0.05) is 10.7 Å². The highest BCUT2D eigenvalue weighted by molar-refractivity contribution is 7.22. The fourth-order valence-corrected chi connectivity index (χ4v) is 3.64. The van der Waals surface area contributed by atoms with Crippen molar-refractivity contribution in [3.05, 3.63) is 45.4 Å². The van der Waals surface area contributed by atoms with E-state index in [0.717, 1.165) is 15.8 Å². The number of fused-ring (bicyclic) bond motifs is 1. The molecule has 5 nitrogen and oxygen atoms in total. The summed E-state index contributed by atoms with van der Waals surface area (Å²) in [6, 6.07) is 7.01. The van der Waals surface area contributed by atoms with Crippen LogP contribution in [0.2, 0.25) is 10.0 Å². The maximum Gasteiger partial charge on any atom is 0.262 e. The molecule has 0 unspecified atom stereocenters. The summed E-state index contributed by atoms with van der Waals surface area (Å²) in [5, 5.41) is 4.32. The molecule has 130 valence electrons. The highest BCUT2D eigenvalue weighted by atomic mass is 35.5. The minimum absolute atomic E-state index is 0.124. The number of carbonyl (C=O) groups excluding carboxylic acids is 1. The van der Waals surface area contributed by atoms with Gasteiger partial charge in [0.25, 0.3) is 5.91 Å². The molecule has 8 heteroatoms. The normalized spacial score (nSPS) is 10.9. The number of aryl methyl sites for hydroxylation is 2. The molecule has 1 aromatic heterocycles. The summed E-state index contributed by atoms with van der Waals surface area (Å²) in [6.07, 6.45) is 0. The Morgan fingerprint density at radius 1 is 1.24 bits per heavy atom. The summed E-state index contributed by atoms with van der Waals surface area (Å²) >= 11 is 13.6. The highest BCUT2D eigenvalue weighted by Crippen LogP contribution is 2.32. The highest BCUT2D eigenvalue weighted by Gasteiger charge is 2.11. The van der Waals surface area contributed by atoms with Gasteiger partial charge in [-0.25, -0.2) is 4.98 Å². The molecule has 0 fully saturated rings. The standard InChI is InChI=1S/C17H15Cl2N3O2S/c1-8-3-11(4-9(2)15(8)19)24-7-14(23)21-10-5-12(18)16-13(6-10)25-17(20)22-16/h3-6H,7H2,1-2H3,(H2,20,22)(H,21,23). The molecule has 1 amide bonds. The topological polar surface area (TPSA) is 77.2 Å². The molecule has 0 spiro atoms. The summed E-state index contributed by atoms with van der Waals surface area (Å²) in [6.45, 7) is 3.65. The third-order valence-corrected chi connectivity index (χ3v) is 5.24. The van der Waals surface area contributed by atoms with Crippen LogP contribution < -0.4 is 15.8 Å². The van der Waals surface area contributed by atoms with Gasteiger partial charge >= 0.3 is 0 Å². The molecule has 0 aliphatic rings. The van der Waals surface area contributed by atoms with Crippen LogP contribution >= 0.6 is 34.5 Å². The quantitative estimate of drug-likeness (QED) is 0.663. The number of benzene rings is 2. The number of hydrogen-bond acceptors (Lipinski definition) is 5. The zero-order chi connectivity index (χ0) is 18.1. The van der Waals surface area contributed by atoms with Crippen molar-refractivity contribution in [2.75, 3.05) is 17.7 Å². The first-order valence-corrected chi connectivity index (χ1v) is 8.95. The Hall–Kier alpha value is -2.02. The van der Waals surface area contributed by atoms with Crippen LogP contribution in [0.25, 0.3) is 10.2 Å². The van der Waals surface area contributed by atoms with Crippen molar-refractivity contribution < 1.29 is 9.53 Å². The number of hydrogen-bond donors (Lipinski definition) is 2. The first kappa shape index (κ1) is 17.8. The van der Waals surface area contributed by atoms with E-state index in [1.807, 2.05) is 13.8 Å². The molecule has 2 aromatic carbocycles. The van der Waals surface area contributed by atoms with Gasteiger partial charge in [-0.15, -0.1) is 0 Å². The molecule has 0 aliphatic heterocycles. The van der Waals surface area contributed by atoms with Gasteiger partial charge < -0.3 is 15.8 Å². The summed E-state index contributed by atoms with van der Waals surface area (Å²) in [4.78, 5) is 16.3. The predicted molar refractivity (Wildman–Crippen MR) is 104 cm³/mol. The van der Waals surface area contributed by atoms with Crippen LogP contribution in [-0.4, -0.2) is 17.5 Å². The number of aromatic nitrogens is 1. The minimum Gasteiger partial charge on any atom is -0.484 e. The fraction of sp³-hybridized carbons (Fsp3) is 0.176. The Kier molecular flexibility index (Phi) is 5.03. The average Bonchev–Trinajstić information content (AvgIpc) is 2.91. The second-order valence-electron chi connectivity index (χ2n) is 5.56. The molecule has 0 radical (unpaired) electrons. The molecule has 0 atom stereocenters. The van der Waals surface area contributed by atoms with Gasteiger partial charge in [0.1, 0.15) is 11.3 Å². The van der Waals surface area contributed by atoms with E-state index < -0.39 is 0 Å². The van der Waals surface area contributed by atoms with Crippen molar-refractivity contribution >= 4 is 61.5 Å². The number of carbonyl (C=O) groups is 1. The zero-order valence-electron chi connectivity index (χ0n) is 13.5. The molecular formula is C17H15Cl2N3O2S. The zero-order valence-corrected chi connectivity index (χ0v) is 15.9. The molecular weight excluding hydrogens is 381 g/mol. The number of rotatable bonds is 4. The van der Waals surface area contributed by atoms with Crippen molar-refractivity contribution in [2.24, 2.45) is 0 Å². The Morgan fingerprint density at radius 3 is 2.60 bits per heavy atom. The predicted octanol–water partition coefficient (Wildman–Crippen LogP) is 4.82. The summed E-state index contributed by atoms with van der Waals surface area (Å²) in [5.74, 6) is 0.302. The van der Waals surface area contributed by atoms with E-state index in [-0.39, 0.29) is 12.5 Å². The van der Waals surface area contributed by atoms with E-state index in [4.69, 9.17) is 33.7 Å². The SMILES string of the molecule is Cc1cc(OCC(=O)Nc2cc(Cl)c3nc(N)sc3c2)cc(C)c1Cl. The number of nitrogens with zero attached hydrogens (tertiary/aromatic N) is 1. The number of halogens is 2. The molecule has 0 bridgehead atoms. The lowest BCUT2D eigenvalue weighted by molar-refractivity contribution is -0.118. The third kappa shape index (κ3) is 3.98. The van der Waals surface area contributed by atoms with Crippen LogP contribution in [0.15, 0.2) is 24.3 Å². The molecule has 0 saturated carbocycles. The van der Waals surface area contributed by atoms with Crippen LogP contribution in [0.4, 0.5) is 10.8 Å². The smallest absolute Gasteiger partial charge is 0.262 e. The first-order chi connectivity index (χ1) is 11.8. The van der Waals surface area contributed by atoms with E-state index in [1.165, 1.54) is 11.3 Å². The largest absolute Gasteiger partial charge is 0.484 e. The lowest BCUT2D eigenvalue weighted by atomic mass is 10.1. The van der Waals surface area contributed by atoms with Crippen molar-refractivity contribution in [2.45, 2.75) is 13.8 Å². The van der Waals surface area contributed by atoms with Crippen molar-refractivity contribution in [1.29, 1.82) is 0 Å². The van der Waals surface area contributed by atoms with Crippen LogP contribution in [0.5, 0.6) is 5.75 Å². The van der Waals surface area contributed by atoms with Crippen molar-refractivity contribution in [1.82, 2.24) is 4.98 Å². The molecule has 3 N–H and O–H groups in total. The van der Waals surface area contributed by atoms with Gasteiger partial charge in [-0.3, -0.25) is 4.79 Å². The summed E-state index contributed by atoms with van der Waals surface area (Å²) in [7, 11) is 0. The Bertz CT molecular complexity index is 949. The van der Waals surface area contributed by atoms with Gasteiger partial charge in [0.2, 0.25) is 0 Å². The fourth-order valence-electron chi connectivity index (χ4n) is 2.41. The third-order valence-electron chi connectivity index (χ3n) is 3.53. The summed E-state index contributed by atoms with van der Waals surface area (Å²) in [5.41, 5.74) is 8.69. The van der Waals surface area contributed by atoms with E-state index in [0.29, 0.717) is 32.1 Å². The lowest BCUT2D eigenvalue weighted by Crippen LogP contribution is -2.20. The number of nitrogens with one attached hydrogen (secondary N) is 1. The lowest BCUT2D eigenvalue weighted by Gasteiger charge is -2.10. The number of nitrogen functional groups attached to an aromatic ring is 1. The second kappa shape index (κ2) is 7.07. The number of ether oxygens (including phenoxy) is 1. The number of anilines is 2. The van der Waals surface area contributed by atoms with Gasteiger partial charge in [-0.1, -0.05) is 34.5 Å². The van der Waals surface area contributed by atoms with Crippen molar-refractivity contribution in [3.8, 4) is 5.75 Å². The second-order valence-corrected chi connectivity index (χ2v) is 7.41. The van der Waals surface area contributed by atoms with Gasteiger partial charge in [0.15, 0.2) is 11.7 Å². The first-order valence-electron chi connectivity index (χ1n) is 7.38.